The van der Waals surface area contributed by atoms with E-state index in [4.69, 9.17) is 4.74 Å². The first kappa shape index (κ1) is 43.9. The van der Waals surface area contributed by atoms with Crippen molar-refractivity contribution >= 4 is 75.8 Å². The van der Waals surface area contributed by atoms with E-state index in [1.165, 1.54) is 92.4 Å². The van der Waals surface area contributed by atoms with Gasteiger partial charge in [-0.05, 0) is 157 Å². The fourth-order valence-electron chi connectivity index (χ4n) is 11.0. The zero-order chi connectivity index (χ0) is 45.1. The molecule has 0 spiro atoms. The molecule has 4 aliphatic rings. The summed E-state index contributed by atoms with van der Waals surface area (Å²) in [5.74, 6) is 2.10. The molecule has 0 heterocycles. The molecule has 4 saturated carbocycles. The number of nitro benzene ring substituents is 1. The zero-order valence-corrected chi connectivity index (χ0v) is 39.7. The number of carbonyl (C=O) groups excluding carboxylic acids is 2. The molecule has 0 unspecified atom stereocenters. The molecule has 6 aromatic rings. The van der Waals surface area contributed by atoms with Crippen molar-refractivity contribution in [2.45, 2.75) is 68.2 Å². The highest BCUT2D eigenvalue weighted by Crippen LogP contribution is 2.62. The molecule has 0 radical (unpaired) electrons. The molecular formula is C51H47Br2N3O7S. The summed E-state index contributed by atoms with van der Waals surface area (Å²) in [6.07, 6.45) is 7.29. The van der Waals surface area contributed by atoms with Crippen LogP contribution < -0.4 is 9.64 Å². The van der Waals surface area contributed by atoms with E-state index in [-0.39, 0.29) is 16.0 Å². The van der Waals surface area contributed by atoms with Crippen LogP contribution in [0, 0.1) is 34.8 Å². The number of aryl methyl sites for hydroxylation is 1. The second kappa shape index (κ2) is 17.2. The molecule has 6 aromatic carbocycles. The number of sulfonamides is 1. The molecule has 1 atom stereocenters. The molecule has 10 rings (SSSR count). The Balaban J connectivity index is 1.08. The molecule has 13 heteroatoms. The van der Waals surface area contributed by atoms with Gasteiger partial charge in [0.25, 0.3) is 21.6 Å². The number of benzene rings is 6. The van der Waals surface area contributed by atoms with Gasteiger partial charge < -0.3 is 9.64 Å². The lowest BCUT2D eigenvalue weighted by Crippen LogP contribution is -2.48. The van der Waals surface area contributed by atoms with Crippen LogP contribution in [0.25, 0.3) is 21.9 Å². The lowest BCUT2D eigenvalue weighted by atomic mass is 9.48. The second-order valence-corrected chi connectivity index (χ2v) is 21.7. The number of fused-ring (bicyclic) bond motifs is 1. The number of rotatable bonds is 12. The van der Waals surface area contributed by atoms with Crippen molar-refractivity contribution in [2.24, 2.45) is 17.8 Å². The van der Waals surface area contributed by atoms with E-state index in [2.05, 4.69) is 62.2 Å². The third-order valence-corrected chi connectivity index (χ3v) is 16.5. The summed E-state index contributed by atoms with van der Waals surface area (Å²) in [5.41, 5.74) is 5.44. The van der Waals surface area contributed by atoms with Crippen LogP contribution in [0.5, 0.6) is 5.75 Å². The Bertz CT molecular complexity index is 2880. The van der Waals surface area contributed by atoms with Gasteiger partial charge in [-0.1, -0.05) is 86.0 Å². The average molecular weight is 1010 g/mol. The smallest absolute Gasteiger partial charge is 0.269 e. The Morgan fingerprint density at radius 2 is 1.36 bits per heavy atom. The third kappa shape index (κ3) is 8.38. The van der Waals surface area contributed by atoms with Gasteiger partial charge >= 0.3 is 0 Å². The summed E-state index contributed by atoms with van der Waals surface area (Å²) in [7, 11) is -1.31. The number of anilines is 1. The Kier molecular flexibility index (Phi) is 11.8. The number of non-ortho nitro benzene ring substituents is 1. The minimum absolute atomic E-state index is 0.0564. The van der Waals surface area contributed by atoms with Crippen molar-refractivity contribution in [3.8, 4) is 16.9 Å². The fourth-order valence-corrected chi connectivity index (χ4v) is 13.4. The fraction of sp³-hybridized carbons (Fsp3) is 0.294. The lowest BCUT2D eigenvalue weighted by molar-refractivity contribution is -0.384. The van der Waals surface area contributed by atoms with Crippen LogP contribution >= 0.6 is 31.9 Å². The highest BCUT2D eigenvalue weighted by molar-refractivity contribution is 9.11. The van der Waals surface area contributed by atoms with Gasteiger partial charge in [0.1, 0.15) is 5.75 Å². The number of amides is 2. The van der Waals surface area contributed by atoms with E-state index < -0.39 is 39.2 Å². The first-order valence-electron chi connectivity index (χ1n) is 21.5. The molecule has 0 aromatic heterocycles. The van der Waals surface area contributed by atoms with E-state index in [1.807, 2.05) is 31.2 Å². The van der Waals surface area contributed by atoms with Gasteiger partial charge in [0, 0.05) is 44.9 Å². The van der Waals surface area contributed by atoms with Gasteiger partial charge in [0.2, 0.25) is 5.91 Å². The van der Waals surface area contributed by atoms with Gasteiger partial charge in [-0.15, -0.1) is 0 Å². The molecule has 4 bridgehead atoms. The monoisotopic (exact) mass is 1000 g/mol. The number of hydrogen-bond acceptors (Lipinski definition) is 7. The lowest BCUT2D eigenvalue weighted by Gasteiger charge is -2.57. The number of nitrogens with zero attached hydrogens (tertiary/aromatic N) is 3. The quantitative estimate of drug-likeness (QED) is 0.0882. The number of halogens is 2. The van der Waals surface area contributed by atoms with Crippen LogP contribution in [0.15, 0.2) is 135 Å². The van der Waals surface area contributed by atoms with Crippen molar-refractivity contribution in [3.05, 3.63) is 163 Å². The Labute approximate surface area is 390 Å². The maximum Gasteiger partial charge on any atom is 0.269 e. The van der Waals surface area contributed by atoms with Gasteiger partial charge in [-0.25, -0.2) is 12.7 Å². The molecule has 2 amide bonds. The molecule has 0 N–H and O–H groups in total. The number of hydrogen-bond donors (Lipinski definition) is 0. The second-order valence-electron chi connectivity index (χ2n) is 17.9. The maximum atomic E-state index is 15.2. The number of ether oxygens (including phenoxy) is 1. The summed E-state index contributed by atoms with van der Waals surface area (Å²) >= 11 is 7.11. The summed E-state index contributed by atoms with van der Waals surface area (Å²) in [6.45, 7) is 1.83. The van der Waals surface area contributed by atoms with Crippen molar-refractivity contribution in [1.29, 1.82) is 0 Å². The molecular weight excluding hydrogens is 958 g/mol. The summed E-state index contributed by atoms with van der Waals surface area (Å²) in [6, 6.07) is 34.3. The normalized spacial score (nSPS) is 20.5. The SMILES string of the molecule is COc1ccc(-c2ccc3cc(C(=O)N(c4cc(Br)cc(Br)c4)[C@H](CC(=O)N(C)S(=O)(=O)c4ccc(C)cc4)c4ccc([N+](=O)[O-])cc4)ccc3c2)cc1C12CC3CC(CC(C3)C1)C2. The van der Waals surface area contributed by atoms with E-state index in [0.29, 0.717) is 30.1 Å². The average Bonchev–Trinajstić information content (AvgIpc) is 3.27. The topological polar surface area (TPSA) is 127 Å². The molecule has 328 valence electrons. The third-order valence-electron chi connectivity index (χ3n) is 13.8. The number of carbonyl (C=O) groups is 2. The highest BCUT2D eigenvalue weighted by Gasteiger charge is 2.52. The molecule has 4 aliphatic carbocycles. The van der Waals surface area contributed by atoms with Crippen LogP contribution in [0.4, 0.5) is 11.4 Å². The van der Waals surface area contributed by atoms with Crippen LogP contribution in [0.2, 0.25) is 0 Å². The van der Waals surface area contributed by atoms with Gasteiger partial charge in [-0.3, -0.25) is 19.7 Å². The van der Waals surface area contributed by atoms with E-state index in [9.17, 15) is 23.3 Å². The first-order chi connectivity index (χ1) is 30.6. The minimum atomic E-state index is -4.27. The first-order valence-corrected chi connectivity index (χ1v) is 24.5. The highest BCUT2D eigenvalue weighted by atomic mass is 79.9. The Morgan fingerprint density at radius 1 is 0.781 bits per heavy atom. The van der Waals surface area contributed by atoms with Crippen molar-refractivity contribution in [1.82, 2.24) is 4.31 Å². The zero-order valence-electron chi connectivity index (χ0n) is 35.7. The van der Waals surface area contributed by atoms with Gasteiger partial charge in [-0.2, -0.15) is 0 Å². The van der Waals surface area contributed by atoms with Crippen LogP contribution in [-0.4, -0.2) is 43.6 Å². The maximum absolute atomic E-state index is 15.2. The molecule has 0 aliphatic heterocycles. The van der Waals surface area contributed by atoms with Gasteiger partial charge in [0.15, 0.2) is 0 Å². The molecule has 10 nitrogen and oxygen atoms in total. The Morgan fingerprint density at radius 3 is 1.97 bits per heavy atom. The van der Waals surface area contributed by atoms with Crippen molar-refractivity contribution in [2.75, 3.05) is 19.1 Å². The largest absolute Gasteiger partial charge is 0.496 e. The van der Waals surface area contributed by atoms with E-state index in [1.54, 1.807) is 37.4 Å². The van der Waals surface area contributed by atoms with Crippen LogP contribution in [0.1, 0.15) is 78.0 Å². The van der Waals surface area contributed by atoms with Crippen molar-refractivity contribution < 1.29 is 27.7 Å². The number of methoxy groups -OCH3 is 1. The summed E-state index contributed by atoms with van der Waals surface area (Å²) in [4.78, 5) is 42.0. The predicted octanol–water partition coefficient (Wildman–Crippen LogP) is 12.4. The van der Waals surface area contributed by atoms with E-state index >= 15 is 4.79 Å². The molecule has 0 saturated heterocycles. The number of nitro groups is 1. The molecule has 64 heavy (non-hydrogen) atoms. The van der Waals surface area contributed by atoms with Crippen LogP contribution in [0.3, 0.4) is 0 Å². The predicted molar refractivity (Wildman–Crippen MR) is 256 cm³/mol. The van der Waals surface area contributed by atoms with Crippen molar-refractivity contribution in [3.63, 3.8) is 0 Å². The minimum Gasteiger partial charge on any atom is -0.496 e. The molecule has 4 fully saturated rings. The standard InChI is InChI=1S/C51H47Br2N3O7S/c1-31-4-15-45(16-5-31)64(61,62)54(2)49(57)27-47(35-10-13-43(14-11-35)56(59)60)55(44-25-41(52)24-42(53)26-44)50(58)40-9-8-36-21-37(6-7-38(36)22-40)39-12-17-48(63-3)46(23-39)51-28-32-18-33(29-51)20-34(19-32)30-51/h4-17,21-26,32-34,47H,18-20,27-30H2,1-3H3/t32?,33?,34?,47-,51?/m1/s1. The van der Waals surface area contributed by atoms with Gasteiger partial charge in [0.05, 0.1) is 29.4 Å². The van der Waals surface area contributed by atoms with E-state index in [0.717, 1.165) is 51.0 Å². The van der Waals surface area contributed by atoms with Crippen LogP contribution in [-0.2, 0) is 20.2 Å². The Hall–Kier alpha value is -5.37. The summed E-state index contributed by atoms with van der Waals surface area (Å²) in [5, 5.41) is 13.5. The summed E-state index contributed by atoms with van der Waals surface area (Å²) < 4.78 is 35.5.